The Bertz CT molecular complexity index is 1370. The third-order valence-corrected chi connectivity index (χ3v) is 7.59. The number of hydrogen-bond donors (Lipinski definition) is 3. The standard InChI is InChI=1S/C22H22ClN3O5S2/c1-3-32(28,29)25-19-8-5-16(6-9-19)22(27)24-18-10-12-20(13-11-18)33(30,31)26-21-14-17(23)7-4-15(21)2/h4-14,25-26H,3H2,1-2H3,(H,24,27). The minimum absolute atomic E-state index is 0.0208. The van der Waals surface area contributed by atoms with E-state index in [0.29, 0.717) is 27.6 Å². The van der Waals surface area contributed by atoms with Gasteiger partial charge in [-0.2, -0.15) is 0 Å². The summed E-state index contributed by atoms with van der Waals surface area (Å²) in [6.07, 6.45) is 0. The molecule has 0 aromatic heterocycles. The largest absolute Gasteiger partial charge is 0.322 e. The molecule has 174 valence electrons. The van der Waals surface area contributed by atoms with Crippen molar-refractivity contribution < 1.29 is 21.6 Å². The summed E-state index contributed by atoms with van der Waals surface area (Å²) in [6, 6.07) is 16.6. The Morgan fingerprint density at radius 2 is 1.45 bits per heavy atom. The molecule has 0 saturated heterocycles. The fourth-order valence-corrected chi connectivity index (χ4v) is 4.70. The molecule has 0 bridgehead atoms. The zero-order chi connectivity index (χ0) is 24.2. The first-order valence-corrected chi connectivity index (χ1v) is 13.3. The van der Waals surface area contributed by atoms with Crippen molar-refractivity contribution in [3.05, 3.63) is 82.9 Å². The molecule has 11 heteroatoms. The van der Waals surface area contributed by atoms with Gasteiger partial charge in [-0.15, -0.1) is 0 Å². The summed E-state index contributed by atoms with van der Waals surface area (Å²) in [5.41, 5.74) is 2.16. The molecule has 0 aliphatic carbocycles. The van der Waals surface area contributed by atoms with E-state index >= 15 is 0 Å². The highest BCUT2D eigenvalue weighted by Gasteiger charge is 2.16. The third-order valence-electron chi connectivity index (χ3n) is 4.67. The van der Waals surface area contributed by atoms with Crippen molar-refractivity contribution in [3.63, 3.8) is 0 Å². The fraction of sp³-hybridized carbons (Fsp3) is 0.136. The van der Waals surface area contributed by atoms with Crippen molar-refractivity contribution in [1.29, 1.82) is 0 Å². The summed E-state index contributed by atoms with van der Waals surface area (Å²) in [5, 5.41) is 3.08. The molecule has 0 unspecified atom stereocenters. The topological polar surface area (TPSA) is 121 Å². The Morgan fingerprint density at radius 3 is 2.06 bits per heavy atom. The van der Waals surface area contributed by atoms with Crippen molar-refractivity contribution in [1.82, 2.24) is 0 Å². The Morgan fingerprint density at radius 1 is 0.848 bits per heavy atom. The van der Waals surface area contributed by atoms with Crippen LogP contribution in [0.5, 0.6) is 0 Å². The maximum Gasteiger partial charge on any atom is 0.261 e. The fourth-order valence-electron chi connectivity index (χ4n) is 2.77. The van der Waals surface area contributed by atoms with Gasteiger partial charge in [0.2, 0.25) is 10.0 Å². The van der Waals surface area contributed by atoms with Crippen LogP contribution in [0, 0.1) is 6.92 Å². The van der Waals surface area contributed by atoms with E-state index in [2.05, 4.69) is 14.8 Å². The van der Waals surface area contributed by atoms with E-state index in [0.717, 1.165) is 5.56 Å². The summed E-state index contributed by atoms with van der Waals surface area (Å²) in [4.78, 5) is 12.5. The molecule has 0 saturated carbocycles. The molecule has 3 aromatic rings. The number of benzene rings is 3. The van der Waals surface area contributed by atoms with Gasteiger partial charge in [-0.05, 0) is 80.1 Å². The van der Waals surface area contributed by atoms with E-state index in [4.69, 9.17) is 11.6 Å². The molecule has 0 radical (unpaired) electrons. The van der Waals surface area contributed by atoms with Crippen molar-refractivity contribution in [2.24, 2.45) is 0 Å². The molecule has 0 atom stereocenters. The van der Waals surface area contributed by atoms with Crippen LogP contribution in [0.4, 0.5) is 17.1 Å². The van der Waals surface area contributed by atoms with Gasteiger partial charge in [-0.3, -0.25) is 14.2 Å². The van der Waals surface area contributed by atoms with Crippen LogP contribution in [0.25, 0.3) is 0 Å². The van der Waals surface area contributed by atoms with E-state index in [1.165, 1.54) is 61.5 Å². The molecule has 0 aliphatic heterocycles. The highest BCUT2D eigenvalue weighted by atomic mass is 35.5. The van der Waals surface area contributed by atoms with Crippen LogP contribution in [0.15, 0.2) is 71.6 Å². The van der Waals surface area contributed by atoms with E-state index in [1.807, 2.05) is 0 Å². The first kappa shape index (κ1) is 24.6. The minimum atomic E-state index is -3.85. The Kier molecular flexibility index (Phi) is 7.31. The van der Waals surface area contributed by atoms with Crippen molar-refractivity contribution in [2.75, 3.05) is 20.5 Å². The number of sulfonamides is 2. The Hall–Kier alpha value is -3.08. The van der Waals surface area contributed by atoms with Gasteiger partial charge >= 0.3 is 0 Å². The van der Waals surface area contributed by atoms with Gasteiger partial charge in [-0.25, -0.2) is 16.8 Å². The smallest absolute Gasteiger partial charge is 0.261 e. The van der Waals surface area contributed by atoms with Crippen LogP contribution in [0.1, 0.15) is 22.8 Å². The predicted molar refractivity (Wildman–Crippen MR) is 131 cm³/mol. The molecule has 3 N–H and O–H groups in total. The van der Waals surface area contributed by atoms with Crippen LogP contribution in [-0.4, -0.2) is 28.5 Å². The quantitative estimate of drug-likeness (QED) is 0.415. The summed E-state index contributed by atoms with van der Waals surface area (Å²) >= 11 is 5.95. The third kappa shape index (κ3) is 6.47. The van der Waals surface area contributed by atoms with Crippen LogP contribution in [0.3, 0.4) is 0 Å². The minimum Gasteiger partial charge on any atom is -0.322 e. The molecule has 0 spiro atoms. The Labute approximate surface area is 198 Å². The summed E-state index contributed by atoms with van der Waals surface area (Å²) < 4.78 is 53.5. The van der Waals surface area contributed by atoms with Gasteiger partial charge < -0.3 is 5.32 Å². The monoisotopic (exact) mass is 507 g/mol. The first-order valence-electron chi connectivity index (χ1n) is 9.80. The van der Waals surface area contributed by atoms with Gasteiger partial charge in [0.05, 0.1) is 16.3 Å². The van der Waals surface area contributed by atoms with Gasteiger partial charge in [0.15, 0.2) is 0 Å². The number of anilines is 3. The lowest BCUT2D eigenvalue weighted by Gasteiger charge is -2.12. The maximum atomic E-state index is 12.7. The molecular formula is C22H22ClN3O5S2. The lowest BCUT2D eigenvalue weighted by Crippen LogP contribution is -2.15. The lowest BCUT2D eigenvalue weighted by molar-refractivity contribution is 0.102. The van der Waals surface area contributed by atoms with Gasteiger partial charge in [0, 0.05) is 22.0 Å². The zero-order valence-electron chi connectivity index (χ0n) is 17.8. The molecule has 1 amide bonds. The number of amides is 1. The number of nitrogens with one attached hydrogen (secondary N) is 3. The molecule has 0 fully saturated rings. The first-order chi connectivity index (χ1) is 15.5. The molecule has 0 aliphatic rings. The van der Waals surface area contributed by atoms with Gasteiger partial charge in [0.1, 0.15) is 0 Å². The van der Waals surface area contributed by atoms with Gasteiger partial charge in [-0.1, -0.05) is 17.7 Å². The number of aryl methyl sites for hydroxylation is 1. The van der Waals surface area contributed by atoms with E-state index < -0.39 is 26.0 Å². The van der Waals surface area contributed by atoms with E-state index in [-0.39, 0.29) is 10.6 Å². The van der Waals surface area contributed by atoms with Crippen LogP contribution < -0.4 is 14.8 Å². The zero-order valence-corrected chi connectivity index (χ0v) is 20.2. The summed E-state index contributed by atoms with van der Waals surface area (Å²) in [5.74, 6) is -0.488. The number of carbonyl (C=O) groups excluding carboxylic acids is 1. The summed E-state index contributed by atoms with van der Waals surface area (Å²) in [7, 11) is -7.26. The number of halogens is 1. The van der Waals surface area contributed by atoms with Crippen LogP contribution in [0.2, 0.25) is 5.02 Å². The molecule has 33 heavy (non-hydrogen) atoms. The van der Waals surface area contributed by atoms with E-state index in [1.54, 1.807) is 19.1 Å². The highest BCUT2D eigenvalue weighted by molar-refractivity contribution is 7.93. The normalized spacial score (nSPS) is 11.6. The van der Waals surface area contributed by atoms with Gasteiger partial charge in [0.25, 0.3) is 15.9 Å². The SMILES string of the molecule is CCS(=O)(=O)Nc1ccc(C(=O)Nc2ccc(S(=O)(=O)Nc3cc(Cl)ccc3C)cc2)cc1. The number of carbonyl (C=O) groups is 1. The van der Waals surface area contributed by atoms with Crippen molar-refractivity contribution in [2.45, 2.75) is 18.7 Å². The molecular weight excluding hydrogens is 486 g/mol. The van der Waals surface area contributed by atoms with Crippen molar-refractivity contribution in [3.8, 4) is 0 Å². The number of rotatable bonds is 8. The average Bonchev–Trinajstić information content (AvgIpc) is 2.77. The van der Waals surface area contributed by atoms with E-state index in [9.17, 15) is 21.6 Å². The molecule has 0 heterocycles. The summed E-state index contributed by atoms with van der Waals surface area (Å²) in [6.45, 7) is 3.28. The molecule has 3 rings (SSSR count). The average molecular weight is 508 g/mol. The maximum absolute atomic E-state index is 12.7. The van der Waals surface area contributed by atoms with Crippen LogP contribution in [-0.2, 0) is 20.0 Å². The second-order valence-electron chi connectivity index (χ2n) is 7.13. The van der Waals surface area contributed by atoms with Crippen LogP contribution >= 0.6 is 11.6 Å². The second kappa shape index (κ2) is 9.82. The molecule has 8 nitrogen and oxygen atoms in total. The second-order valence-corrected chi connectivity index (χ2v) is 11.3. The predicted octanol–water partition coefficient (Wildman–Crippen LogP) is 4.46. The Balaban J connectivity index is 1.68. The molecule has 3 aromatic carbocycles. The lowest BCUT2D eigenvalue weighted by atomic mass is 10.2. The highest BCUT2D eigenvalue weighted by Crippen LogP contribution is 2.24. The number of hydrogen-bond acceptors (Lipinski definition) is 5. The van der Waals surface area contributed by atoms with Crippen molar-refractivity contribution >= 4 is 54.6 Å².